The van der Waals surface area contributed by atoms with Gasteiger partial charge in [0.25, 0.3) is 0 Å². The van der Waals surface area contributed by atoms with E-state index in [0.29, 0.717) is 12.5 Å². The maximum atomic E-state index is 12.0. The van der Waals surface area contributed by atoms with Gasteiger partial charge in [0.15, 0.2) is 0 Å². The first-order valence-electron chi connectivity index (χ1n) is 7.47. The largest absolute Gasteiger partial charge is 0.358 e. The van der Waals surface area contributed by atoms with Crippen LogP contribution in [-0.4, -0.2) is 43.5 Å². The minimum atomic E-state index is 0.00603. The lowest BCUT2D eigenvalue weighted by atomic mass is 9.95. The molecule has 0 aliphatic carbocycles. The zero-order valence-electron chi connectivity index (χ0n) is 12.2. The molecule has 1 fully saturated rings. The molecule has 110 valence electrons. The SMILES string of the molecule is CNC(=O)C1CCCCN1CC(CN)c1ccccc1. The third-order valence-electron chi connectivity index (χ3n) is 4.17. The van der Waals surface area contributed by atoms with Crippen LogP contribution in [0.15, 0.2) is 30.3 Å². The molecule has 1 aromatic carbocycles. The monoisotopic (exact) mass is 275 g/mol. The predicted molar refractivity (Wildman–Crippen MR) is 81.5 cm³/mol. The van der Waals surface area contributed by atoms with E-state index in [1.807, 2.05) is 18.2 Å². The van der Waals surface area contributed by atoms with E-state index in [0.717, 1.165) is 25.9 Å². The van der Waals surface area contributed by atoms with Crippen molar-refractivity contribution in [3.05, 3.63) is 35.9 Å². The molecule has 0 radical (unpaired) electrons. The number of rotatable bonds is 5. The Balaban J connectivity index is 2.07. The number of nitrogens with one attached hydrogen (secondary N) is 1. The summed E-state index contributed by atoms with van der Waals surface area (Å²) in [5, 5.41) is 2.78. The molecule has 2 atom stereocenters. The molecule has 2 rings (SSSR count). The smallest absolute Gasteiger partial charge is 0.237 e. The summed E-state index contributed by atoms with van der Waals surface area (Å²) in [6.07, 6.45) is 3.25. The number of hydrogen-bond donors (Lipinski definition) is 2. The minimum Gasteiger partial charge on any atom is -0.358 e. The van der Waals surface area contributed by atoms with Gasteiger partial charge < -0.3 is 11.1 Å². The summed E-state index contributed by atoms with van der Waals surface area (Å²) in [4.78, 5) is 14.3. The van der Waals surface area contributed by atoms with Crippen LogP contribution in [0.25, 0.3) is 0 Å². The van der Waals surface area contributed by atoms with Crippen LogP contribution in [-0.2, 0) is 4.79 Å². The standard InChI is InChI=1S/C16H25N3O/c1-18-16(20)15-9-5-6-10-19(15)12-14(11-17)13-7-3-2-4-8-13/h2-4,7-8,14-15H,5-6,9-12,17H2,1H3,(H,18,20). The highest BCUT2D eigenvalue weighted by Crippen LogP contribution is 2.22. The van der Waals surface area contributed by atoms with E-state index in [-0.39, 0.29) is 11.9 Å². The van der Waals surface area contributed by atoms with Gasteiger partial charge in [0, 0.05) is 26.1 Å². The fourth-order valence-electron chi connectivity index (χ4n) is 3.00. The van der Waals surface area contributed by atoms with Crippen molar-refractivity contribution in [2.45, 2.75) is 31.2 Å². The van der Waals surface area contributed by atoms with E-state index in [1.54, 1.807) is 7.05 Å². The van der Waals surface area contributed by atoms with Gasteiger partial charge in [-0.05, 0) is 24.9 Å². The molecule has 0 aromatic heterocycles. The zero-order chi connectivity index (χ0) is 14.4. The number of amides is 1. The third-order valence-corrected chi connectivity index (χ3v) is 4.17. The number of carbonyl (C=O) groups excluding carboxylic acids is 1. The van der Waals surface area contributed by atoms with Gasteiger partial charge in [-0.1, -0.05) is 36.8 Å². The van der Waals surface area contributed by atoms with Crippen molar-refractivity contribution in [3.63, 3.8) is 0 Å². The number of benzene rings is 1. The highest BCUT2D eigenvalue weighted by atomic mass is 16.2. The van der Waals surface area contributed by atoms with Gasteiger partial charge in [-0.25, -0.2) is 0 Å². The Morgan fingerprint density at radius 1 is 1.40 bits per heavy atom. The van der Waals surface area contributed by atoms with Crippen molar-refractivity contribution in [2.75, 3.05) is 26.7 Å². The van der Waals surface area contributed by atoms with E-state index in [1.165, 1.54) is 12.0 Å². The van der Waals surface area contributed by atoms with E-state index in [2.05, 4.69) is 22.3 Å². The molecule has 1 amide bonds. The number of carbonyl (C=O) groups is 1. The first-order chi connectivity index (χ1) is 9.76. The van der Waals surface area contributed by atoms with E-state index in [9.17, 15) is 4.79 Å². The van der Waals surface area contributed by atoms with Crippen LogP contribution in [0.3, 0.4) is 0 Å². The molecular weight excluding hydrogens is 250 g/mol. The van der Waals surface area contributed by atoms with Crippen LogP contribution in [0.4, 0.5) is 0 Å². The van der Waals surface area contributed by atoms with Gasteiger partial charge in [0.05, 0.1) is 6.04 Å². The molecule has 1 saturated heterocycles. The van der Waals surface area contributed by atoms with Crippen molar-refractivity contribution in [1.29, 1.82) is 0 Å². The molecule has 1 aliphatic heterocycles. The summed E-state index contributed by atoms with van der Waals surface area (Å²) in [6.45, 7) is 2.46. The Bertz CT molecular complexity index is 421. The van der Waals surface area contributed by atoms with Crippen molar-refractivity contribution >= 4 is 5.91 Å². The van der Waals surface area contributed by atoms with Gasteiger partial charge in [-0.2, -0.15) is 0 Å². The Morgan fingerprint density at radius 2 is 2.15 bits per heavy atom. The quantitative estimate of drug-likeness (QED) is 0.852. The average molecular weight is 275 g/mol. The number of nitrogens with two attached hydrogens (primary N) is 1. The van der Waals surface area contributed by atoms with Gasteiger partial charge in [0.1, 0.15) is 0 Å². The molecule has 0 spiro atoms. The molecule has 1 aliphatic rings. The molecule has 1 aromatic rings. The fraction of sp³-hybridized carbons (Fsp3) is 0.562. The minimum absolute atomic E-state index is 0.00603. The summed E-state index contributed by atoms with van der Waals surface area (Å²) in [5.74, 6) is 0.426. The Kier molecular flexibility index (Phi) is 5.56. The molecule has 3 N–H and O–H groups in total. The van der Waals surface area contributed by atoms with Crippen molar-refractivity contribution in [2.24, 2.45) is 5.73 Å². The second kappa shape index (κ2) is 7.41. The Hall–Kier alpha value is -1.39. The second-order valence-corrected chi connectivity index (χ2v) is 5.46. The molecule has 4 heteroatoms. The van der Waals surface area contributed by atoms with Crippen LogP contribution < -0.4 is 11.1 Å². The molecule has 0 bridgehead atoms. The van der Waals surface area contributed by atoms with Crippen LogP contribution >= 0.6 is 0 Å². The second-order valence-electron chi connectivity index (χ2n) is 5.46. The normalized spacial score (nSPS) is 21.4. The Morgan fingerprint density at radius 3 is 2.80 bits per heavy atom. The highest BCUT2D eigenvalue weighted by Gasteiger charge is 2.29. The summed E-state index contributed by atoms with van der Waals surface area (Å²) < 4.78 is 0. The number of hydrogen-bond acceptors (Lipinski definition) is 3. The summed E-state index contributed by atoms with van der Waals surface area (Å²) in [7, 11) is 1.72. The molecule has 1 heterocycles. The molecule has 2 unspecified atom stereocenters. The highest BCUT2D eigenvalue weighted by molar-refractivity contribution is 5.81. The summed E-state index contributed by atoms with van der Waals surface area (Å²) in [6, 6.07) is 10.4. The molecule has 0 saturated carbocycles. The fourth-order valence-corrected chi connectivity index (χ4v) is 3.00. The van der Waals surface area contributed by atoms with Gasteiger partial charge in [-0.3, -0.25) is 9.69 Å². The lowest BCUT2D eigenvalue weighted by Crippen LogP contribution is -2.50. The van der Waals surface area contributed by atoms with Gasteiger partial charge in [0.2, 0.25) is 5.91 Å². The molecule has 20 heavy (non-hydrogen) atoms. The van der Waals surface area contributed by atoms with E-state index >= 15 is 0 Å². The third kappa shape index (κ3) is 3.58. The lowest BCUT2D eigenvalue weighted by molar-refractivity contribution is -0.127. The summed E-state index contributed by atoms with van der Waals surface area (Å²) >= 11 is 0. The number of likely N-dealkylation sites (N-methyl/N-ethyl adjacent to an activating group) is 1. The van der Waals surface area contributed by atoms with Crippen LogP contribution in [0.5, 0.6) is 0 Å². The van der Waals surface area contributed by atoms with Gasteiger partial charge in [-0.15, -0.1) is 0 Å². The maximum absolute atomic E-state index is 12.0. The summed E-state index contributed by atoms with van der Waals surface area (Å²) in [5.41, 5.74) is 7.21. The molecular formula is C16H25N3O. The Labute approximate surface area is 121 Å². The van der Waals surface area contributed by atoms with Crippen LogP contribution in [0, 0.1) is 0 Å². The average Bonchev–Trinajstić information content (AvgIpc) is 2.53. The van der Waals surface area contributed by atoms with E-state index in [4.69, 9.17) is 5.73 Å². The van der Waals surface area contributed by atoms with E-state index < -0.39 is 0 Å². The number of piperidine rings is 1. The number of nitrogens with zero attached hydrogens (tertiary/aromatic N) is 1. The van der Waals surface area contributed by atoms with Gasteiger partial charge >= 0.3 is 0 Å². The van der Waals surface area contributed by atoms with Crippen molar-refractivity contribution in [3.8, 4) is 0 Å². The first-order valence-corrected chi connectivity index (χ1v) is 7.47. The topological polar surface area (TPSA) is 58.4 Å². The maximum Gasteiger partial charge on any atom is 0.237 e. The number of likely N-dealkylation sites (tertiary alicyclic amines) is 1. The van der Waals surface area contributed by atoms with Crippen LogP contribution in [0.2, 0.25) is 0 Å². The van der Waals surface area contributed by atoms with Crippen LogP contribution in [0.1, 0.15) is 30.7 Å². The first kappa shape index (κ1) is 15.0. The lowest BCUT2D eigenvalue weighted by Gasteiger charge is -2.36. The van der Waals surface area contributed by atoms with Crippen molar-refractivity contribution < 1.29 is 4.79 Å². The molecule has 4 nitrogen and oxygen atoms in total. The van der Waals surface area contributed by atoms with Crippen molar-refractivity contribution in [1.82, 2.24) is 10.2 Å². The predicted octanol–water partition coefficient (Wildman–Crippen LogP) is 1.33. The zero-order valence-corrected chi connectivity index (χ0v) is 12.2.